The molecule has 0 aliphatic carbocycles. The van der Waals surface area contributed by atoms with E-state index in [-0.39, 0.29) is 0 Å². The number of nitrogens with one attached hydrogen (secondary N) is 1. The Bertz CT molecular complexity index is 350. The number of hydrogen-bond acceptors (Lipinski definition) is 3. The topological polar surface area (TPSA) is 62.2 Å². The number of carbonyl (C=O) groups is 1. The summed E-state index contributed by atoms with van der Waals surface area (Å²) in [6.45, 7) is 5.47. The predicted octanol–water partition coefficient (Wildman–Crippen LogP) is 1.58. The number of rotatable bonds is 3. The molecule has 1 aromatic rings. The summed E-state index contributed by atoms with van der Waals surface area (Å²) < 4.78 is 0. The summed E-state index contributed by atoms with van der Waals surface area (Å²) in [5.74, 6) is -0.243. The molecule has 0 spiro atoms. The zero-order chi connectivity index (χ0) is 10.7. The Kier molecular flexibility index (Phi) is 3.06. The molecule has 76 valence electrons. The molecule has 0 aliphatic heterocycles. The second-order valence-corrected chi connectivity index (χ2v) is 3.31. The van der Waals surface area contributed by atoms with E-state index in [1.54, 1.807) is 13.1 Å². The van der Waals surface area contributed by atoms with Crippen LogP contribution in [-0.2, 0) is 4.79 Å². The molecule has 1 rings (SSSR count). The predicted molar refractivity (Wildman–Crippen MR) is 54.4 cm³/mol. The van der Waals surface area contributed by atoms with Gasteiger partial charge in [0.25, 0.3) is 0 Å². The molecule has 0 amide bonds. The maximum Gasteiger partial charge on any atom is 0.325 e. The van der Waals surface area contributed by atoms with Crippen LogP contribution in [0.5, 0.6) is 0 Å². The van der Waals surface area contributed by atoms with Gasteiger partial charge < -0.3 is 10.4 Å². The summed E-state index contributed by atoms with van der Waals surface area (Å²) in [4.78, 5) is 14.7. The van der Waals surface area contributed by atoms with Crippen molar-refractivity contribution in [3.8, 4) is 0 Å². The van der Waals surface area contributed by atoms with Crippen LogP contribution in [0.1, 0.15) is 18.1 Å². The number of nitrogens with zero attached hydrogens (tertiary/aromatic N) is 1. The van der Waals surface area contributed by atoms with Gasteiger partial charge in [-0.25, -0.2) is 4.98 Å². The van der Waals surface area contributed by atoms with Crippen molar-refractivity contribution in [1.29, 1.82) is 0 Å². The third-order valence-electron chi connectivity index (χ3n) is 2.20. The summed E-state index contributed by atoms with van der Waals surface area (Å²) in [7, 11) is 0. The average Bonchev–Trinajstić information content (AvgIpc) is 2.12. The van der Waals surface area contributed by atoms with Gasteiger partial charge in [-0.1, -0.05) is 0 Å². The summed E-state index contributed by atoms with van der Waals surface area (Å²) >= 11 is 0. The van der Waals surface area contributed by atoms with Gasteiger partial charge in [0, 0.05) is 6.20 Å². The van der Waals surface area contributed by atoms with E-state index < -0.39 is 12.0 Å². The van der Waals surface area contributed by atoms with Crippen molar-refractivity contribution < 1.29 is 9.90 Å². The van der Waals surface area contributed by atoms with Crippen molar-refractivity contribution in [3.05, 3.63) is 23.4 Å². The van der Waals surface area contributed by atoms with Crippen molar-refractivity contribution in [1.82, 2.24) is 4.98 Å². The zero-order valence-electron chi connectivity index (χ0n) is 8.53. The number of aryl methyl sites for hydroxylation is 1. The molecule has 0 saturated carbocycles. The van der Waals surface area contributed by atoms with Gasteiger partial charge in [-0.05, 0) is 38.0 Å². The average molecular weight is 194 g/mol. The second-order valence-electron chi connectivity index (χ2n) is 3.31. The minimum atomic E-state index is -0.882. The fourth-order valence-corrected chi connectivity index (χ4v) is 1.04. The third-order valence-corrected chi connectivity index (χ3v) is 2.20. The number of anilines is 1. The Morgan fingerprint density at radius 1 is 1.57 bits per heavy atom. The van der Waals surface area contributed by atoms with Crippen LogP contribution in [0, 0.1) is 13.8 Å². The molecule has 1 heterocycles. The lowest BCUT2D eigenvalue weighted by atomic mass is 10.1. The molecule has 0 aliphatic rings. The normalized spacial score (nSPS) is 12.2. The minimum Gasteiger partial charge on any atom is -0.480 e. The van der Waals surface area contributed by atoms with Crippen molar-refractivity contribution in [2.75, 3.05) is 5.32 Å². The van der Waals surface area contributed by atoms with Crippen molar-refractivity contribution in [2.45, 2.75) is 26.8 Å². The summed E-state index contributed by atoms with van der Waals surface area (Å²) in [5.41, 5.74) is 2.08. The molecule has 4 nitrogen and oxygen atoms in total. The number of aromatic nitrogens is 1. The molecular formula is C10H14N2O2. The van der Waals surface area contributed by atoms with Gasteiger partial charge >= 0.3 is 5.97 Å². The summed E-state index contributed by atoms with van der Waals surface area (Å²) in [6, 6.07) is 1.27. The quantitative estimate of drug-likeness (QED) is 0.767. The number of carboxylic acids is 1. The lowest BCUT2D eigenvalue weighted by Crippen LogP contribution is -2.26. The Morgan fingerprint density at radius 2 is 2.21 bits per heavy atom. The highest BCUT2D eigenvalue weighted by atomic mass is 16.4. The van der Waals surface area contributed by atoms with E-state index in [0.717, 1.165) is 11.1 Å². The van der Waals surface area contributed by atoms with E-state index >= 15 is 0 Å². The number of pyridine rings is 1. The Balaban J connectivity index is 2.87. The van der Waals surface area contributed by atoms with Crippen LogP contribution in [0.25, 0.3) is 0 Å². The van der Waals surface area contributed by atoms with Crippen molar-refractivity contribution in [2.24, 2.45) is 0 Å². The first kappa shape index (κ1) is 10.5. The zero-order valence-corrected chi connectivity index (χ0v) is 8.53. The molecule has 1 unspecified atom stereocenters. The molecule has 0 saturated heterocycles. The Morgan fingerprint density at radius 3 is 2.79 bits per heavy atom. The largest absolute Gasteiger partial charge is 0.480 e. The smallest absolute Gasteiger partial charge is 0.325 e. The van der Waals surface area contributed by atoms with Crippen LogP contribution < -0.4 is 5.32 Å². The molecule has 0 radical (unpaired) electrons. The van der Waals surface area contributed by atoms with E-state index in [9.17, 15) is 4.79 Å². The number of aliphatic carboxylic acids is 1. The molecule has 1 atom stereocenters. The van der Waals surface area contributed by atoms with Crippen LogP contribution >= 0.6 is 0 Å². The number of hydrogen-bond donors (Lipinski definition) is 2. The first-order valence-electron chi connectivity index (χ1n) is 4.44. The van der Waals surface area contributed by atoms with Crippen molar-refractivity contribution in [3.63, 3.8) is 0 Å². The van der Waals surface area contributed by atoms with Gasteiger partial charge in [0.05, 0.1) is 0 Å². The maximum absolute atomic E-state index is 10.6. The van der Waals surface area contributed by atoms with Gasteiger partial charge in [-0.3, -0.25) is 4.79 Å². The molecule has 4 heteroatoms. The number of carboxylic acid groups (broad SMARTS) is 1. The molecule has 14 heavy (non-hydrogen) atoms. The highest BCUT2D eigenvalue weighted by Gasteiger charge is 2.12. The Labute approximate surface area is 83.0 Å². The highest BCUT2D eigenvalue weighted by Crippen LogP contribution is 2.15. The molecule has 0 fully saturated rings. The minimum absolute atomic E-state index is 0.622. The highest BCUT2D eigenvalue weighted by molar-refractivity contribution is 5.76. The molecule has 0 aromatic carbocycles. The lowest BCUT2D eigenvalue weighted by Gasteiger charge is -2.12. The van der Waals surface area contributed by atoms with Crippen LogP contribution in [0.3, 0.4) is 0 Å². The fraction of sp³-hybridized carbons (Fsp3) is 0.400. The van der Waals surface area contributed by atoms with Crippen LogP contribution in [-0.4, -0.2) is 22.1 Å². The lowest BCUT2D eigenvalue weighted by molar-refractivity contribution is -0.137. The Hall–Kier alpha value is -1.58. The van der Waals surface area contributed by atoms with Gasteiger partial charge in [-0.15, -0.1) is 0 Å². The van der Waals surface area contributed by atoms with E-state index in [1.807, 2.05) is 19.9 Å². The van der Waals surface area contributed by atoms with Gasteiger partial charge in [-0.2, -0.15) is 0 Å². The van der Waals surface area contributed by atoms with E-state index in [4.69, 9.17) is 5.11 Å². The molecule has 0 bridgehead atoms. The summed E-state index contributed by atoms with van der Waals surface area (Å²) in [6.07, 6.45) is 1.67. The van der Waals surface area contributed by atoms with E-state index in [2.05, 4.69) is 10.3 Å². The monoisotopic (exact) mass is 194 g/mol. The van der Waals surface area contributed by atoms with E-state index in [1.165, 1.54) is 0 Å². The standard InChI is InChI=1S/C10H14N2O2/c1-6-4-5-11-9(7(6)2)12-8(3)10(13)14/h4-5,8H,1-3H3,(H,11,12)(H,13,14). The molecule has 2 N–H and O–H groups in total. The van der Waals surface area contributed by atoms with Gasteiger partial charge in [0.2, 0.25) is 0 Å². The van der Waals surface area contributed by atoms with Gasteiger partial charge in [0.15, 0.2) is 0 Å². The van der Waals surface area contributed by atoms with Gasteiger partial charge in [0.1, 0.15) is 11.9 Å². The third kappa shape index (κ3) is 2.22. The first-order chi connectivity index (χ1) is 6.52. The van der Waals surface area contributed by atoms with Crippen molar-refractivity contribution >= 4 is 11.8 Å². The summed E-state index contributed by atoms with van der Waals surface area (Å²) in [5, 5.41) is 11.6. The van der Waals surface area contributed by atoms with Crippen LogP contribution in [0.2, 0.25) is 0 Å². The fourth-order valence-electron chi connectivity index (χ4n) is 1.04. The van der Waals surface area contributed by atoms with Crippen LogP contribution in [0.4, 0.5) is 5.82 Å². The maximum atomic E-state index is 10.6. The van der Waals surface area contributed by atoms with Crippen LogP contribution in [0.15, 0.2) is 12.3 Å². The second kappa shape index (κ2) is 4.09. The SMILES string of the molecule is Cc1ccnc(NC(C)C(=O)O)c1C. The van der Waals surface area contributed by atoms with E-state index in [0.29, 0.717) is 5.82 Å². The molecular weight excluding hydrogens is 180 g/mol. The molecule has 1 aromatic heterocycles. The first-order valence-corrected chi connectivity index (χ1v) is 4.44.